The van der Waals surface area contributed by atoms with Crippen molar-refractivity contribution in [2.45, 2.75) is 64.5 Å². The van der Waals surface area contributed by atoms with Crippen LogP contribution in [0, 0.1) is 0 Å². The molecule has 5 nitrogen and oxygen atoms in total. The van der Waals surface area contributed by atoms with E-state index in [4.69, 9.17) is 0 Å². The highest BCUT2D eigenvalue weighted by atomic mass is 16.3. The van der Waals surface area contributed by atoms with Crippen molar-refractivity contribution in [1.29, 1.82) is 0 Å². The van der Waals surface area contributed by atoms with E-state index in [1.54, 1.807) is 12.1 Å². The van der Waals surface area contributed by atoms with Gasteiger partial charge in [0, 0.05) is 19.0 Å². The maximum absolute atomic E-state index is 11.7. The Kier molecular flexibility index (Phi) is 5.61. The minimum Gasteiger partial charge on any atom is -0.506 e. The normalized spacial score (nSPS) is 17.0. The van der Waals surface area contributed by atoms with Crippen LogP contribution >= 0.6 is 0 Å². The summed E-state index contributed by atoms with van der Waals surface area (Å²) in [6, 6.07) is 8.18. The molecule has 1 amide bonds. The molecular formula is C24H30N2O3. The second kappa shape index (κ2) is 8.17. The summed E-state index contributed by atoms with van der Waals surface area (Å²) in [5, 5.41) is 27.2. The lowest BCUT2D eigenvalue weighted by atomic mass is 9.93. The fourth-order valence-corrected chi connectivity index (χ4v) is 4.87. The van der Waals surface area contributed by atoms with E-state index in [9.17, 15) is 15.0 Å². The molecule has 0 saturated heterocycles. The minimum absolute atomic E-state index is 0.0578. The zero-order valence-electron chi connectivity index (χ0n) is 17.2. The number of hydrogen-bond donors (Lipinski definition) is 4. The fourth-order valence-electron chi connectivity index (χ4n) is 4.87. The third kappa shape index (κ3) is 3.77. The second-order valence-corrected chi connectivity index (χ2v) is 8.15. The lowest BCUT2D eigenvalue weighted by Gasteiger charge is -2.24. The smallest absolute Gasteiger partial charge is 0.224 e. The van der Waals surface area contributed by atoms with Crippen LogP contribution in [0.15, 0.2) is 24.3 Å². The van der Waals surface area contributed by atoms with Crippen molar-refractivity contribution in [3.63, 3.8) is 0 Å². The molecule has 2 aromatic carbocycles. The number of phenols is 1. The van der Waals surface area contributed by atoms with Crippen molar-refractivity contribution in [1.82, 2.24) is 5.32 Å². The van der Waals surface area contributed by atoms with Crippen molar-refractivity contribution >= 4 is 11.6 Å². The van der Waals surface area contributed by atoms with Crippen LogP contribution < -0.4 is 10.6 Å². The first kappa shape index (κ1) is 19.9. The van der Waals surface area contributed by atoms with E-state index < -0.39 is 6.10 Å². The minimum atomic E-state index is -0.681. The molecule has 1 heterocycles. The molecule has 0 spiro atoms. The highest BCUT2D eigenvalue weighted by molar-refractivity contribution is 5.96. The van der Waals surface area contributed by atoms with E-state index in [1.807, 2.05) is 0 Å². The molecule has 29 heavy (non-hydrogen) atoms. The molecule has 0 unspecified atom stereocenters. The molecule has 0 radical (unpaired) electrons. The summed E-state index contributed by atoms with van der Waals surface area (Å²) in [7, 11) is 0. The maximum Gasteiger partial charge on any atom is 0.224 e. The molecule has 0 saturated carbocycles. The molecule has 2 aliphatic rings. The van der Waals surface area contributed by atoms with E-state index in [0.29, 0.717) is 31.1 Å². The molecule has 154 valence electrons. The Bertz CT molecular complexity index is 905. The number of aliphatic hydroxyl groups is 1. The average Bonchev–Trinajstić information content (AvgIpc) is 3.16. The van der Waals surface area contributed by atoms with Crippen LogP contribution in [0.1, 0.15) is 59.8 Å². The maximum atomic E-state index is 11.7. The summed E-state index contributed by atoms with van der Waals surface area (Å²) in [6.45, 7) is 4.86. The number of anilines is 1. The van der Waals surface area contributed by atoms with Gasteiger partial charge in [-0.3, -0.25) is 4.79 Å². The molecule has 2 aromatic rings. The number of phenolic OH excluding ortho intramolecular Hbond substituents is 1. The lowest BCUT2D eigenvalue weighted by molar-refractivity contribution is -0.116. The van der Waals surface area contributed by atoms with E-state index in [0.717, 1.165) is 36.8 Å². The number of aromatic hydroxyl groups is 1. The average molecular weight is 395 g/mol. The molecule has 0 bridgehead atoms. The molecular weight excluding hydrogens is 364 g/mol. The molecule has 1 atom stereocenters. The van der Waals surface area contributed by atoms with Crippen molar-refractivity contribution < 1.29 is 15.0 Å². The molecule has 0 fully saturated rings. The van der Waals surface area contributed by atoms with Gasteiger partial charge in [-0.25, -0.2) is 0 Å². The molecule has 1 aliphatic heterocycles. The summed E-state index contributed by atoms with van der Waals surface area (Å²) in [4.78, 5) is 11.7. The van der Waals surface area contributed by atoms with Crippen LogP contribution in [0.25, 0.3) is 0 Å². The summed E-state index contributed by atoms with van der Waals surface area (Å²) in [5.74, 6) is -0.0397. The van der Waals surface area contributed by atoms with Crippen LogP contribution in [0.3, 0.4) is 0 Å². The number of amides is 1. The van der Waals surface area contributed by atoms with E-state index >= 15 is 0 Å². The molecule has 4 N–H and O–H groups in total. The number of carbonyl (C=O) groups is 1. The van der Waals surface area contributed by atoms with Crippen molar-refractivity contribution in [3.05, 3.63) is 57.6 Å². The first-order chi connectivity index (χ1) is 14.0. The van der Waals surface area contributed by atoms with Gasteiger partial charge in [-0.05, 0) is 71.6 Å². The Morgan fingerprint density at radius 1 is 1.03 bits per heavy atom. The SMILES string of the molecule is CCc1ccc(CC)c2c1CC(NC[C@@H](O)c1ccc(O)c3c1CCC(=O)N3)C2. The summed E-state index contributed by atoms with van der Waals surface area (Å²) in [6.07, 6.45) is 4.34. The number of nitrogens with one attached hydrogen (secondary N) is 2. The number of carbonyl (C=O) groups excluding carboxylic acids is 1. The van der Waals surface area contributed by atoms with Gasteiger partial charge in [-0.15, -0.1) is 0 Å². The van der Waals surface area contributed by atoms with E-state index in [-0.39, 0.29) is 11.7 Å². The third-order valence-corrected chi connectivity index (χ3v) is 6.44. The Morgan fingerprint density at radius 2 is 1.69 bits per heavy atom. The van der Waals surface area contributed by atoms with E-state index in [1.165, 1.54) is 22.3 Å². The second-order valence-electron chi connectivity index (χ2n) is 8.15. The first-order valence-corrected chi connectivity index (χ1v) is 10.7. The predicted molar refractivity (Wildman–Crippen MR) is 114 cm³/mol. The van der Waals surface area contributed by atoms with Crippen LogP contribution in [0.2, 0.25) is 0 Å². The number of benzene rings is 2. The quantitative estimate of drug-likeness (QED) is 0.567. The van der Waals surface area contributed by atoms with Crippen molar-refractivity contribution in [2.75, 3.05) is 11.9 Å². The van der Waals surface area contributed by atoms with Gasteiger partial charge < -0.3 is 20.8 Å². The Hall–Kier alpha value is -2.37. The molecule has 1 aliphatic carbocycles. The van der Waals surface area contributed by atoms with Gasteiger partial charge in [0.05, 0.1) is 11.8 Å². The summed E-state index contributed by atoms with van der Waals surface area (Å²) in [5.41, 5.74) is 7.92. The van der Waals surface area contributed by atoms with Crippen LogP contribution in [0.4, 0.5) is 5.69 Å². The van der Waals surface area contributed by atoms with Gasteiger partial charge in [0.1, 0.15) is 5.75 Å². The highest BCUT2D eigenvalue weighted by Crippen LogP contribution is 2.37. The molecule has 0 aromatic heterocycles. The number of fused-ring (bicyclic) bond motifs is 2. The standard InChI is InChI=1S/C24H30N2O3/c1-3-14-5-6-15(4-2)20-12-16(11-19(14)20)25-13-22(28)17-7-9-21(27)24-18(17)8-10-23(29)26-24/h5-7,9,16,22,25,27-28H,3-4,8,10-13H2,1-2H3,(H,26,29)/t22-/m1/s1. The van der Waals surface area contributed by atoms with Crippen molar-refractivity contribution in [2.24, 2.45) is 0 Å². The number of hydrogen-bond acceptors (Lipinski definition) is 4. The number of aryl methyl sites for hydroxylation is 2. The van der Waals surface area contributed by atoms with E-state index in [2.05, 4.69) is 36.6 Å². The summed E-state index contributed by atoms with van der Waals surface area (Å²) < 4.78 is 0. The number of aliphatic hydroxyl groups excluding tert-OH is 1. The van der Waals surface area contributed by atoms with Gasteiger partial charge in [-0.1, -0.05) is 32.0 Å². The molecule has 5 heteroatoms. The molecule has 4 rings (SSSR count). The van der Waals surface area contributed by atoms with Crippen LogP contribution in [-0.2, 0) is 36.9 Å². The topological polar surface area (TPSA) is 81.6 Å². The van der Waals surface area contributed by atoms with Gasteiger partial charge in [-0.2, -0.15) is 0 Å². The lowest BCUT2D eigenvalue weighted by Crippen LogP contribution is -2.34. The highest BCUT2D eigenvalue weighted by Gasteiger charge is 2.27. The zero-order valence-corrected chi connectivity index (χ0v) is 17.2. The number of rotatable bonds is 6. The van der Waals surface area contributed by atoms with Crippen LogP contribution in [-0.4, -0.2) is 28.7 Å². The Balaban J connectivity index is 1.47. The first-order valence-electron chi connectivity index (χ1n) is 10.7. The largest absolute Gasteiger partial charge is 0.506 e. The zero-order chi connectivity index (χ0) is 20.5. The predicted octanol–water partition coefficient (Wildman–Crippen LogP) is 3.19. The summed E-state index contributed by atoms with van der Waals surface area (Å²) >= 11 is 0. The van der Waals surface area contributed by atoms with Crippen LogP contribution in [0.5, 0.6) is 5.75 Å². The van der Waals surface area contributed by atoms with Crippen molar-refractivity contribution in [3.8, 4) is 5.75 Å². The Morgan fingerprint density at radius 3 is 2.31 bits per heavy atom. The third-order valence-electron chi connectivity index (χ3n) is 6.44. The van der Waals surface area contributed by atoms with Gasteiger partial charge in [0.2, 0.25) is 5.91 Å². The fraction of sp³-hybridized carbons (Fsp3) is 0.458. The Labute approximate surface area is 172 Å². The van der Waals surface area contributed by atoms with Gasteiger partial charge in [0.15, 0.2) is 0 Å². The van der Waals surface area contributed by atoms with Gasteiger partial charge >= 0.3 is 0 Å². The van der Waals surface area contributed by atoms with Gasteiger partial charge in [0.25, 0.3) is 0 Å². The monoisotopic (exact) mass is 394 g/mol.